The third-order valence-corrected chi connectivity index (χ3v) is 8.59. The number of ether oxygens (including phenoxy) is 1. The highest BCUT2D eigenvalue weighted by Crippen LogP contribution is 2.58. The molecule has 9 heteroatoms. The molecule has 3 aromatic carbocycles. The summed E-state index contributed by atoms with van der Waals surface area (Å²) in [6.07, 6.45) is 1.80. The van der Waals surface area contributed by atoms with Crippen LogP contribution in [-0.4, -0.2) is 31.0 Å². The lowest BCUT2D eigenvalue weighted by molar-refractivity contribution is -0.131. The molecular weight excluding hydrogens is 573 g/mol. The largest absolute Gasteiger partial charge is 0.490 e. The molecule has 3 aromatic rings. The van der Waals surface area contributed by atoms with Crippen molar-refractivity contribution < 1.29 is 18.7 Å². The van der Waals surface area contributed by atoms with Crippen LogP contribution in [0.4, 0.5) is 10.1 Å². The minimum absolute atomic E-state index is 0.0204. The number of fused-ring (bicyclic) bond motifs is 2. The molecule has 3 aliphatic rings. The van der Waals surface area contributed by atoms with E-state index in [0.29, 0.717) is 27.6 Å². The average Bonchev–Trinajstić information content (AvgIpc) is 3.18. The molecular formula is C29H26BrClFN3O3. The van der Waals surface area contributed by atoms with Gasteiger partial charge in [-0.25, -0.2) is 4.39 Å². The van der Waals surface area contributed by atoms with Gasteiger partial charge in [0.2, 0.25) is 11.8 Å². The molecule has 0 aromatic heterocycles. The number of benzene rings is 3. The molecule has 2 amide bonds. The lowest BCUT2D eigenvalue weighted by Crippen LogP contribution is -2.57. The molecule has 0 radical (unpaired) electrons. The molecule has 3 aliphatic heterocycles. The monoisotopic (exact) mass is 597 g/mol. The Kier molecular flexibility index (Phi) is 6.66. The second-order valence-electron chi connectivity index (χ2n) is 10.1. The van der Waals surface area contributed by atoms with Crippen LogP contribution in [0.15, 0.2) is 65.1 Å². The number of nitrogens with one attached hydrogen (secondary N) is 3. The summed E-state index contributed by atoms with van der Waals surface area (Å²) >= 11 is 9.89. The van der Waals surface area contributed by atoms with Gasteiger partial charge in [0.15, 0.2) is 0 Å². The molecule has 196 valence electrons. The highest BCUT2D eigenvalue weighted by molar-refractivity contribution is 9.10. The van der Waals surface area contributed by atoms with Crippen LogP contribution in [-0.2, 0) is 15.0 Å². The molecule has 0 saturated carbocycles. The number of halogens is 3. The van der Waals surface area contributed by atoms with Crippen LogP contribution < -0.4 is 20.7 Å². The number of hydrogen-bond donors (Lipinski definition) is 3. The molecule has 0 aliphatic carbocycles. The summed E-state index contributed by atoms with van der Waals surface area (Å²) in [5.74, 6) is -0.894. The van der Waals surface area contributed by atoms with E-state index in [1.54, 1.807) is 24.3 Å². The summed E-state index contributed by atoms with van der Waals surface area (Å²) < 4.78 is 21.8. The molecule has 0 bridgehead atoms. The van der Waals surface area contributed by atoms with Crippen LogP contribution in [0.2, 0.25) is 5.02 Å². The summed E-state index contributed by atoms with van der Waals surface area (Å²) in [5, 5.41) is 9.88. The molecule has 3 N–H and O–H groups in total. The Morgan fingerprint density at radius 1 is 1.03 bits per heavy atom. The van der Waals surface area contributed by atoms with Crippen LogP contribution >= 0.6 is 27.5 Å². The predicted molar refractivity (Wildman–Crippen MR) is 147 cm³/mol. The molecule has 6 rings (SSSR count). The van der Waals surface area contributed by atoms with Crippen molar-refractivity contribution in [1.82, 2.24) is 10.6 Å². The average molecular weight is 599 g/mol. The van der Waals surface area contributed by atoms with Gasteiger partial charge in [-0.3, -0.25) is 9.59 Å². The minimum atomic E-state index is -1.27. The van der Waals surface area contributed by atoms with E-state index in [1.807, 2.05) is 24.3 Å². The third kappa shape index (κ3) is 4.28. The Bertz CT molecular complexity index is 1430. The Labute approximate surface area is 233 Å². The lowest BCUT2D eigenvalue weighted by Gasteiger charge is -2.46. The predicted octanol–water partition coefficient (Wildman–Crippen LogP) is 5.61. The number of rotatable bonds is 4. The van der Waals surface area contributed by atoms with E-state index >= 15 is 0 Å². The van der Waals surface area contributed by atoms with Crippen molar-refractivity contribution >= 4 is 45.0 Å². The fourth-order valence-corrected chi connectivity index (χ4v) is 6.77. The molecule has 3 atom stereocenters. The molecule has 6 nitrogen and oxygen atoms in total. The second-order valence-corrected chi connectivity index (χ2v) is 11.4. The van der Waals surface area contributed by atoms with Gasteiger partial charge >= 0.3 is 0 Å². The number of piperidine rings is 2. The van der Waals surface area contributed by atoms with Gasteiger partial charge in [0.1, 0.15) is 23.1 Å². The van der Waals surface area contributed by atoms with Crippen molar-refractivity contribution in [3.8, 4) is 5.75 Å². The fraction of sp³-hybridized carbons (Fsp3) is 0.310. The van der Waals surface area contributed by atoms with Crippen molar-refractivity contribution in [2.45, 2.75) is 42.7 Å². The van der Waals surface area contributed by atoms with Crippen molar-refractivity contribution in [2.75, 3.05) is 18.4 Å². The summed E-state index contributed by atoms with van der Waals surface area (Å²) in [6.45, 7) is 1.73. The molecule has 3 heterocycles. The normalized spacial score (nSPS) is 25.1. The topological polar surface area (TPSA) is 79.5 Å². The molecule has 2 fully saturated rings. The third-order valence-electron chi connectivity index (χ3n) is 7.86. The van der Waals surface area contributed by atoms with Crippen LogP contribution in [0.3, 0.4) is 0 Å². The number of anilines is 1. The first-order valence-corrected chi connectivity index (χ1v) is 13.9. The van der Waals surface area contributed by atoms with E-state index in [-0.39, 0.29) is 24.3 Å². The van der Waals surface area contributed by atoms with E-state index in [0.717, 1.165) is 36.0 Å². The number of hydrogen-bond acceptors (Lipinski definition) is 4. The first-order valence-electron chi connectivity index (χ1n) is 12.7. The first-order chi connectivity index (χ1) is 18.4. The SMILES string of the molecule is O=C1C[C@H](c2cc(Br)ccc2OC2CCNCC2)C2(C(=O)Nc3cc(Cl)ccc32)[C@H](c2cccc(F)c2)N1. The first kappa shape index (κ1) is 25.3. The lowest BCUT2D eigenvalue weighted by atomic mass is 9.59. The zero-order valence-corrected chi connectivity index (χ0v) is 22.7. The number of carbonyl (C=O) groups excluding carboxylic acids is 2. The van der Waals surface area contributed by atoms with Gasteiger partial charge in [-0.15, -0.1) is 0 Å². The fourth-order valence-electron chi connectivity index (χ4n) is 6.22. The summed E-state index contributed by atoms with van der Waals surface area (Å²) in [6, 6.07) is 16.3. The Morgan fingerprint density at radius 3 is 2.63 bits per heavy atom. The van der Waals surface area contributed by atoms with Gasteiger partial charge in [0.05, 0.1) is 6.04 Å². The highest BCUT2D eigenvalue weighted by Gasteiger charge is 2.61. The number of amides is 2. The van der Waals surface area contributed by atoms with Crippen molar-refractivity contribution in [1.29, 1.82) is 0 Å². The standard InChI is InChI=1S/C29H26BrClFN3O3/c30-17-4-7-25(38-20-8-10-33-11-9-20)21(13-17)23-15-26(36)35-27(16-2-1-3-19(32)12-16)29(23)22-6-5-18(31)14-24(22)34-28(29)37/h1-7,12-14,20,23,27,33H,8-11,15H2,(H,34,37)(H,35,36)/t23-,27+,29?/m1/s1. The molecule has 1 unspecified atom stereocenters. The van der Waals surface area contributed by atoms with Gasteiger partial charge in [-0.1, -0.05) is 45.7 Å². The quantitative estimate of drug-likeness (QED) is 0.365. The zero-order chi connectivity index (χ0) is 26.4. The zero-order valence-electron chi connectivity index (χ0n) is 20.4. The Morgan fingerprint density at radius 2 is 1.84 bits per heavy atom. The van der Waals surface area contributed by atoms with Gasteiger partial charge < -0.3 is 20.7 Å². The van der Waals surface area contributed by atoms with E-state index in [4.69, 9.17) is 16.3 Å². The van der Waals surface area contributed by atoms with E-state index in [9.17, 15) is 14.0 Å². The second kappa shape index (κ2) is 9.98. The Balaban J connectivity index is 1.57. The maximum Gasteiger partial charge on any atom is 0.238 e. The molecule has 2 saturated heterocycles. The van der Waals surface area contributed by atoms with Gasteiger partial charge in [-0.05, 0) is 79.5 Å². The van der Waals surface area contributed by atoms with Crippen LogP contribution in [0.25, 0.3) is 0 Å². The summed E-state index contributed by atoms with van der Waals surface area (Å²) in [7, 11) is 0. The van der Waals surface area contributed by atoms with Crippen LogP contribution in [0, 0.1) is 5.82 Å². The minimum Gasteiger partial charge on any atom is -0.490 e. The van der Waals surface area contributed by atoms with Crippen LogP contribution in [0.5, 0.6) is 5.75 Å². The maximum absolute atomic E-state index is 14.5. The summed E-state index contributed by atoms with van der Waals surface area (Å²) in [5.41, 5.74) is 1.29. The van der Waals surface area contributed by atoms with E-state index in [2.05, 4.69) is 31.9 Å². The van der Waals surface area contributed by atoms with Crippen molar-refractivity contribution in [2.24, 2.45) is 0 Å². The van der Waals surface area contributed by atoms with Gasteiger partial charge in [-0.2, -0.15) is 0 Å². The van der Waals surface area contributed by atoms with Gasteiger partial charge in [0, 0.05) is 33.1 Å². The molecule has 38 heavy (non-hydrogen) atoms. The maximum atomic E-state index is 14.5. The Hall–Kier alpha value is -2.94. The highest BCUT2D eigenvalue weighted by atomic mass is 79.9. The van der Waals surface area contributed by atoms with Crippen molar-refractivity contribution in [3.63, 3.8) is 0 Å². The van der Waals surface area contributed by atoms with E-state index in [1.165, 1.54) is 12.1 Å². The summed E-state index contributed by atoms with van der Waals surface area (Å²) in [4.78, 5) is 27.5. The van der Waals surface area contributed by atoms with Crippen LogP contribution in [0.1, 0.15) is 47.9 Å². The van der Waals surface area contributed by atoms with Gasteiger partial charge in [0.25, 0.3) is 0 Å². The van der Waals surface area contributed by atoms with Crippen molar-refractivity contribution in [3.05, 3.63) is 92.7 Å². The number of carbonyl (C=O) groups is 2. The smallest absolute Gasteiger partial charge is 0.238 e. The van der Waals surface area contributed by atoms with E-state index < -0.39 is 23.2 Å². The molecule has 1 spiro atoms.